The Bertz CT molecular complexity index is 474. The van der Waals surface area contributed by atoms with Crippen molar-refractivity contribution < 1.29 is 0 Å². The average molecular weight is 258 g/mol. The Morgan fingerprint density at radius 3 is 2.79 bits per heavy atom. The first-order valence-electron chi connectivity index (χ1n) is 6.98. The monoisotopic (exact) mass is 258 g/mol. The summed E-state index contributed by atoms with van der Waals surface area (Å²) < 4.78 is 0. The summed E-state index contributed by atoms with van der Waals surface area (Å²) in [6.07, 6.45) is 1.19. The Balaban J connectivity index is 2.11. The van der Waals surface area contributed by atoms with Crippen LogP contribution in [0.1, 0.15) is 25.8 Å². The number of rotatable bonds is 4. The van der Waals surface area contributed by atoms with Crippen LogP contribution in [0.3, 0.4) is 0 Å². The summed E-state index contributed by atoms with van der Waals surface area (Å²) in [6.45, 7) is 8.71. The summed E-state index contributed by atoms with van der Waals surface area (Å²) in [5.41, 5.74) is 8.01. The molecule has 0 amide bonds. The van der Waals surface area contributed by atoms with E-state index < -0.39 is 0 Å². The number of nitrogen functional groups attached to an aromatic ring is 1. The van der Waals surface area contributed by atoms with Crippen LogP contribution >= 0.6 is 0 Å². The minimum absolute atomic E-state index is 0.561. The maximum absolute atomic E-state index is 9.05. The largest absolute Gasteiger partial charge is 0.398 e. The van der Waals surface area contributed by atoms with Gasteiger partial charge in [0.25, 0.3) is 0 Å². The van der Waals surface area contributed by atoms with Crippen molar-refractivity contribution in [1.29, 1.82) is 5.26 Å². The number of benzene rings is 1. The van der Waals surface area contributed by atoms with Gasteiger partial charge < -0.3 is 10.6 Å². The number of anilines is 2. The average Bonchev–Trinajstić information content (AvgIpc) is 2.90. The van der Waals surface area contributed by atoms with Crippen molar-refractivity contribution in [1.82, 2.24) is 4.90 Å². The van der Waals surface area contributed by atoms with Gasteiger partial charge in [-0.1, -0.05) is 13.8 Å². The lowest BCUT2D eigenvalue weighted by Gasteiger charge is -2.26. The SMILES string of the molecule is CCN(CC)C1CCN(c2ccc(N)c(C#N)c2)C1. The third-order valence-electron chi connectivity index (χ3n) is 4.01. The number of nitriles is 1. The van der Waals surface area contributed by atoms with Gasteiger partial charge in [-0.25, -0.2) is 0 Å². The molecule has 0 aromatic heterocycles. The second kappa shape index (κ2) is 5.94. The van der Waals surface area contributed by atoms with Crippen LogP contribution in [-0.2, 0) is 0 Å². The lowest BCUT2D eigenvalue weighted by molar-refractivity contribution is 0.232. The van der Waals surface area contributed by atoms with E-state index in [4.69, 9.17) is 11.0 Å². The standard InChI is InChI=1S/C15H22N4/c1-3-18(4-2)14-7-8-19(11-14)13-5-6-15(17)12(9-13)10-16/h5-6,9,14H,3-4,7-8,11,17H2,1-2H3. The third kappa shape index (κ3) is 2.82. The van der Waals surface area contributed by atoms with Crippen LogP contribution in [0.4, 0.5) is 11.4 Å². The molecule has 1 heterocycles. The second-order valence-electron chi connectivity index (χ2n) is 4.99. The molecule has 0 radical (unpaired) electrons. The molecule has 19 heavy (non-hydrogen) atoms. The Morgan fingerprint density at radius 1 is 1.42 bits per heavy atom. The van der Waals surface area contributed by atoms with E-state index in [0.29, 0.717) is 17.3 Å². The van der Waals surface area contributed by atoms with E-state index in [1.807, 2.05) is 18.2 Å². The van der Waals surface area contributed by atoms with Crippen LogP contribution in [0.2, 0.25) is 0 Å². The molecule has 1 saturated heterocycles. The van der Waals surface area contributed by atoms with E-state index in [9.17, 15) is 0 Å². The summed E-state index contributed by atoms with van der Waals surface area (Å²) in [6, 6.07) is 8.53. The number of likely N-dealkylation sites (N-methyl/N-ethyl adjacent to an activating group) is 1. The van der Waals surface area contributed by atoms with Gasteiger partial charge in [0.2, 0.25) is 0 Å². The molecule has 0 saturated carbocycles. The molecule has 1 aromatic rings. The van der Waals surface area contributed by atoms with E-state index in [1.54, 1.807) is 0 Å². The Hall–Kier alpha value is -1.73. The zero-order valence-corrected chi connectivity index (χ0v) is 11.8. The van der Waals surface area contributed by atoms with Crippen molar-refractivity contribution in [2.45, 2.75) is 26.3 Å². The van der Waals surface area contributed by atoms with Crippen molar-refractivity contribution >= 4 is 11.4 Å². The van der Waals surface area contributed by atoms with E-state index in [1.165, 1.54) is 6.42 Å². The molecule has 1 aliphatic rings. The van der Waals surface area contributed by atoms with E-state index in [0.717, 1.165) is 31.9 Å². The fraction of sp³-hybridized carbons (Fsp3) is 0.533. The number of hydrogen-bond acceptors (Lipinski definition) is 4. The summed E-state index contributed by atoms with van der Waals surface area (Å²) in [5.74, 6) is 0. The van der Waals surface area contributed by atoms with Crippen LogP contribution in [0, 0.1) is 11.3 Å². The fourth-order valence-corrected chi connectivity index (χ4v) is 2.85. The zero-order chi connectivity index (χ0) is 13.8. The Kier molecular flexibility index (Phi) is 4.28. The van der Waals surface area contributed by atoms with Crippen molar-refractivity contribution in [3.63, 3.8) is 0 Å². The molecular weight excluding hydrogens is 236 g/mol. The lowest BCUT2D eigenvalue weighted by Crippen LogP contribution is -2.37. The smallest absolute Gasteiger partial charge is 0.101 e. The predicted molar refractivity (Wildman–Crippen MR) is 79.1 cm³/mol. The molecule has 0 aliphatic carbocycles. The highest BCUT2D eigenvalue weighted by molar-refractivity contribution is 5.63. The first-order valence-corrected chi connectivity index (χ1v) is 6.98. The second-order valence-corrected chi connectivity index (χ2v) is 4.99. The molecular formula is C15H22N4. The molecule has 1 atom stereocenters. The van der Waals surface area contributed by atoms with E-state index in [-0.39, 0.29) is 0 Å². The van der Waals surface area contributed by atoms with Gasteiger partial charge in [-0.2, -0.15) is 5.26 Å². The fourth-order valence-electron chi connectivity index (χ4n) is 2.85. The molecule has 4 heteroatoms. The first-order chi connectivity index (χ1) is 9.19. The van der Waals surface area contributed by atoms with Gasteiger partial charge >= 0.3 is 0 Å². The molecule has 1 aromatic carbocycles. The zero-order valence-electron chi connectivity index (χ0n) is 11.8. The molecule has 102 valence electrons. The van der Waals surface area contributed by atoms with Crippen LogP contribution < -0.4 is 10.6 Å². The summed E-state index contributed by atoms with van der Waals surface area (Å²) in [5, 5.41) is 9.05. The van der Waals surface area contributed by atoms with Crippen molar-refractivity contribution in [2.24, 2.45) is 0 Å². The van der Waals surface area contributed by atoms with E-state index in [2.05, 4.69) is 29.7 Å². The van der Waals surface area contributed by atoms with Gasteiger partial charge in [0.1, 0.15) is 6.07 Å². The summed E-state index contributed by atoms with van der Waals surface area (Å²) in [7, 11) is 0. The van der Waals surface area contributed by atoms with Crippen molar-refractivity contribution in [2.75, 3.05) is 36.8 Å². The highest BCUT2D eigenvalue weighted by atomic mass is 15.2. The molecule has 0 spiro atoms. The Morgan fingerprint density at radius 2 is 2.16 bits per heavy atom. The molecule has 2 rings (SSSR count). The van der Waals surface area contributed by atoms with Crippen LogP contribution in [0.5, 0.6) is 0 Å². The summed E-state index contributed by atoms with van der Waals surface area (Å²) >= 11 is 0. The predicted octanol–water partition coefficient (Wildman–Crippen LogP) is 2.06. The van der Waals surface area contributed by atoms with Crippen molar-refractivity contribution in [3.05, 3.63) is 23.8 Å². The van der Waals surface area contributed by atoms with Gasteiger partial charge in [0, 0.05) is 30.5 Å². The normalized spacial score (nSPS) is 18.8. The first kappa shape index (κ1) is 13.7. The van der Waals surface area contributed by atoms with Crippen molar-refractivity contribution in [3.8, 4) is 6.07 Å². The van der Waals surface area contributed by atoms with Gasteiger partial charge in [-0.3, -0.25) is 4.90 Å². The number of nitrogens with zero attached hydrogens (tertiary/aromatic N) is 3. The molecule has 1 aliphatic heterocycles. The van der Waals surface area contributed by atoms with E-state index >= 15 is 0 Å². The highest BCUT2D eigenvalue weighted by Crippen LogP contribution is 2.25. The maximum Gasteiger partial charge on any atom is 0.101 e. The van der Waals surface area contributed by atoms with Crippen LogP contribution in [0.25, 0.3) is 0 Å². The highest BCUT2D eigenvalue weighted by Gasteiger charge is 2.26. The molecule has 2 N–H and O–H groups in total. The van der Waals surface area contributed by atoms with Gasteiger partial charge in [-0.15, -0.1) is 0 Å². The van der Waals surface area contributed by atoms with Gasteiger partial charge in [-0.05, 0) is 37.7 Å². The van der Waals surface area contributed by atoms with Crippen LogP contribution in [0.15, 0.2) is 18.2 Å². The van der Waals surface area contributed by atoms with Crippen LogP contribution in [-0.4, -0.2) is 37.1 Å². The topological polar surface area (TPSA) is 56.3 Å². The summed E-state index contributed by atoms with van der Waals surface area (Å²) in [4.78, 5) is 4.85. The molecule has 4 nitrogen and oxygen atoms in total. The number of nitrogens with two attached hydrogens (primary N) is 1. The number of hydrogen-bond donors (Lipinski definition) is 1. The minimum atomic E-state index is 0.561. The molecule has 0 bridgehead atoms. The molecule has 1 unspecified atom stereocenters. The maximum atomic E-state index is 9.05. The molecule has 1 fully saturated rings. The van der Waals surface area contributed by atoms with Gasteiger partial charge in [0.15, 0.2) is 0 Å². The minimum Gasteiger partial charge on any atom is -0.398 e. The lowest BCUT2D eigenvalue weighted by atomic mass is 10.1. The third-order valence-corrected chi connectivity index (χ3v) is 4.01. The van der Waals surface area contributed by atoms with Gasteiger partial charge in [0.05, 0.1) is 5.56 Å². The quantitative estimate of drug-likeness (QED) is 0.840. The Labute approximate surface area is 115 Å².